The summed E-state index contributed by atoms with van der Waals surface area (Å²) in [5.74, 6) is -0.870. The van der Waals surface area contributed by atoms with Gasteiger partial charge < -0.3 is 10.6 Å². The molecule has 2 amide bonds. The molecule has 7 heteroatoms. The van der Waals surface area contributed by atoms with Crippen molar-refractivity contribution in [2.45, 2.75) is 0 Å². The van der Waals surface area contributed by atoms with E-state index in [2.05, 4.69) is 15.6 Å². The number of pyridine rings is 1. The summed E-state index contributed by atoms with van der Waals surface area (Å²) in [6.45, 7) is 0. The van der Waals surface area contributed by atoms with Crippen LogP contribution in [0.3, 0.4) is 0 Å². The van der Waals surface area contributed by atoms with Crippen molar-refractivity contribution in [2.75, 3.05) is 10.6 Å². The Balaban J connectivity index is 1.74. The number of carbonyl (C=O) groups excluding carboxylic acids is 2. The minimum Gasteiger partial charge on any atom is -0.321 e. The molecule has 0 aliphatic rings. The maximum absolute atomic E-state index is 12.4. The molecule has 3 aromatic rings. The molecule has 0 aliphatic heterocycles. The van der Waals surface area contributed by atoms with Gasteiger partial charge in [-0.15, -0.1) is 0 Å². The highest BCUT2D eigenvalue weighted by Gasteiger charge is 2.13. The molecule has 0 fully saturated rings. The Labute approximate surface area is 160 Å². The van der Waals surface area contributed by atoms with Crippen LogP contribution < -0.4 is 10.6 Å². The summed E-state index contributed by atoms with van der Waals surface area (Å²) < 4.78 is 0. The number of benzene rings is 2. The van der Waals surface area contributed by atoms with Crippen LogP contribution in [-0.2, 0) is 0 Å². The Bertz CT molecular complexity index is 1040. The van der Waals surface area contributed by atoms with E-state index >= 15 is 0 Å². The Kier molecular flexibility index (Phi) is 5.45. The Morgan fingerprint density at radius 2 is 1.70 bits per heavy atom. The fourth-order valence-electron chi connectivity index (χ4n) is 2.28. The number of aromatic nitrogens is 1. The van der Waals surface area contributed by atoms with Crippen molar-refractivity contribution in [3.05, 3.63) is 88.7 Å². The Hall–Kier alpha value is -3.69. The third-order valence-electron chi connectivity index (χ3n) is 3.65. The molecule has 0 spiro atoms. The SMILES string of the molecule is N#Cc1ccc(NC(=O)c2cc(C(=O)Nc3ccccc3Cl)ccn2)cc1. The summed E-state index contributed by atoms with van der Waals surface area (Å²) in [6, 6.07) is 18.2. The van der Waals surface area contributed by atoms with E-state index < -0.39 is 11.8 Å². The average Bonchev–Trinajstić information content (AvgIpc) is 2.70. The van der Waals surface area contributed by atoms with Crippen LogP contribution in [-0.4, -0.2) is 16.8 Å². The second-order valence-corrected chi connectivity index (χ2v) is 5.91. The molecule has 0 saturated heterocycles. The first-order valence-electron chi connectivity index (χ1n) is 7.90. The minimum absolute atomic E-state index is 0.0890. The Morgan fingerprint density at radius 3 is 2.41 bits per heavy atom. The second kappa shape index (κ2) is 8.13. The normalized spacial score (nSPS) is 9.93. The maximum atomic E-state index is 12.4. The highest BCUT2D eigenvalue weighted by Crippen LogP contribution is 2.21. The van der Waals surface area contributed by atoms with Crippen LogP contribution in [0.5, 0.6) is 0 Å². The number of hydrogen-bond acceptors (Lipinski definition) is 4. The van der Waals surface area contributed by atoms with Crippen LogP contribution in [0, 0.1) is 11.3 Å². The van der Waals surface area contributed by atoms with Gasteiger partial charge in [-0.1, -0.05) is 23.7 Å². The molecule has 2 aromatic carbocycles. The lowest BCUT2D eigenvalue weighted by atomic mass is 10.2. The van der Waals surface area contributed by atoms with Crippen molar-refractivity contribution in [3.63, 3.8) is 0 Å². The fraction of sp³-hybridized carbons (Fsp3) is 0. The van der Waals surface area contributed by atoms with Crippen molar-refractivity contribution in [1.29, 1.82) is 5.26 Å². The van der Waals surface area contributed by atoms with Crippen LogP contribution in [0.1, 0.15) is 26.4 Å². The first-order chi connectivity index (χ1) is 13.1. The zero-order valence-electron chi connectivity index (χ0n) is 13.9. The number of para-hydroxylation sites is 1. The van der Waals surface area contributed by atoms with Crippen LogP contribution in [0.15, 0.2) is 66.9 Å². The van der Waals surface area contributed by atoms with Crippen LogP contribution in [0.4, 0.5) is 11.4 Å². The molecule has 0 aliphatic carbocycles. The van der Waals surface area contributed by atoms with Gasteiger partial charge in [-0.25, -0.2) is 0 Å². The monoisotopic (exact) mass is 376 g/mol. The number of nitriles is 1. The zero-order chi connectivity index (χ0) is 19.2. The highest BCUT2D eigenvalue weighted by atomic mass is 35.5. The summed E-state index contributed by atoms with van der Waals surface area (Å²) in [5, 5.41) is 14.6. The van der Waals surface area contributed by atoms with Gasteiger partial charge in [0.05, 0.1) is 22.3 Å². The minimum atomic E-state index is -0.466. The molecule has 0 radical (unpaired) electrons. The standard InChI is InChI=1S/C20H13ClN4O2/c21-16-3-1-2-4-17(16)25-19(26)14-9-10-23-18(11-14)20(27)24-15-7-5-13(12-22)6-8-15/h1-11H,(H,24,27)(H,25,26). The number of nitrogens with zero attached hydrogens (tertiary/aromatic N) is 2. The van der Waals surface area contributed by atoms with Gasteiger partial charge in [0.25, 0.3) is 11.8 Å². The van der Waals surface area contributed by atoms with Crippen molar-refractivity contribution in [3.8, 4) is 6.07 Å². The fourth-order valence-corrected chi connectivity index (χ4v) is 2.46. The van der Waals surface area contributed by atoms with Crippen LogP contribution in [0.25, 0.3) is 0 Å². The quantitative estimate of drug-likeness (QED) is 0.716. The van der Waals surface area contributed by atoms with E-state index in [4.69, 9.17) is 16.9 Å². The van der Waals surface area contributed by atoms with E-state index in [-0.39, 0.29) is 11.3 Å². The van der Waals surface area contributed by atoms with Crippen molar-refractivity contribution < 1.29 is 9.59 Å². The van der Waals surface area contributed by atoms with Gasteiger partial charge in [-0.05, 0) is 48.5 Å². The zero-order valence-corrected chi connectivity index (χ0v) is 14.7. The van der Waals surface area contributed by atoms with E-state index in [1.165, 1.54) is 18.3 Å². The number of carbonyl (C=O) groups is 2. The van der Waals surface area contributed by atoms with Gasteiger partial charge in [0, 0.05) is 17.4 Å². The number of rotatable bonds is 4. The summed E-state index contributed by atoms with van der Waals surface area (Å²) in [7, 11) is 0. The summed E-state index contributed by atoms with van der Waals surface area (Å²) in [4.78, 5) is 28.8. The van der Waals surface area contributed by atoms with Gasteiger partial charge in [-0.2, -0.15) is 5.26 Å². The van der Waals surface area contributed by atoms with E-state index in [0.29, 0.717) is 22.0 Å². The van der Waals surface area contributed by atoms with Crippen molar-refractivity contribution in [1.82, 2.24) is 4.98 Å². The number of nitrogens with one attached hydrogen (secondary N) is 2. The third-order valence-corrected chi connectivity index (χ3v) is 3.98. The highest BCUT2D eigenvalue weighted by molar-refractivity contribution is 6.33. The number of halogens is 1. The summed E-state index contributed by atoms with van der Waals surface area (Å²) in [5.41, 5.74) is 1.85. The number of anilines is 2. The smallest absolute Gasteiger partial charge is 0.274 e. The van der Waals surface area contributed by atoms with Gasteiger partial charge in [0.15, 0.2) is 0 Å². The van der Waals surface area contributed by atoms with E-state index in [9.17, 15) is 9.59 Å². The molecule has 1 aromatic heterocycles. The van der Waals surface area contributed by atoms with Crippen molar-refractivity contribution >= 4 is 34.8 Å². The molecule has 132 valence electrons. The molecular weight excluding hydrogens is 364 g/mol. The molecule has 2 N–H and O–H groups in total. The molecule has 27 heavy (non-hydrogen) atoms. The lowest BCUT2D eigenvalue weighted by Crippen LogP contribution is -2.17. The molecular formula is C20H13ClN4O2. The molecule has 0 unspecified atom stereocenters. The second-order valence-electron chi connectivity index (χ2n) is 5.51. The molecule has 1 heterocycles. The van der Waals surface area contributed by atoms with Crippen LogP contribution in [0.2, 0.25) is 5.02 Å². The largest absolute Gasteiger partial charge is 0.321 e. The first-order valence-corrected chi connectivity index (χ1v) is 8.28. The van der Waals surface area contributed by atoms with E-state index in [1.807, 2.05) is 6.07 Å². The van der Waals surface area contributed by atoms with Gasteiger partial charge in [-0.3, -0.25) is 14.6 Å². The molecule has 6 nitrogen and oxygen atoms in total. The third kappa shape index (κ3) is 4.48. The average molecular weight is 377 g/mol. The van der Waals surface area contributed by atoms with Gasteiger partial charge in [0.1, 0.15) is 5.69 Å². The first kappa shape index (κ1) is 18.1. The lowest BCUT2D eigenvalue weighted by Gasteiger charge is -2.08. The molecule has 3 rings (SSSR count). The molecule has 0 atom stereocenters. The van der Waals surface area contributed by atoms with Gasteiger partial charge >= 0.3 is 0 Å². The van der Waals surface area contributed by atoms with Crippen molar-refractivity contribution in [2.24, 2.45) is 0 Å². The van der Waals surface area contributed by atoms with Crippen LogP contribution >= 0.6 is 11.6 Å². The summed E-state index contributed by atoms with van der Waals surface area (Å²) in [6.07, 6.45) is 1.38. The van der Waals surface area contributed by atoms with E-state index in [0.717, 1.165) is 0 Å². The van der Waals surface area contributed by atoms with Gasteiger partial charge in [0.2, 0.25) is 0 Å². The summed E-state index contributed by atoms with van der Waals surface area (Å²) >= 11 is 6.04. The number of hydrogen-bond donors (Lipinski definition) is 2. The lowest BCUT2D eigenvalue weighted by molar-refractivity contribution is 0.102. The molecule has 0 bridgehead atoms. The topological polar surface area (TPSA) is 94.9 Å². The van der Waals surface area contributed by atoms with E-state index in [1.54, 1.807) is 48.5 Å². The maximum Gasteiger partial charge on any atom is 0.274 e. The molecule has 0 saturated carbocycles. The predicted octanol–water partition coefficient (Wildman–Crippen LogP) is 4.11. The Morgan fingerprint density at radius 1 is 0.963 bits per heavy atom. The predicted molar refractivity (Wildman–Crippen MR) is 103 cm³/mol. The number of amides is 2.